The summed E-state index contributed by atoms with van der Waals surface area (Å²) >= 11 is 0. The van der Waals surface area contributed by atoms with Crippen molar-refractivity contribution in [3.63, 3.8) is 0 Å². The van der Waals surface area contributed by atoms with E-state index in [1.54, 1.807) is 0 Å². The van der Waals surface area contributed by atoms with Crippen LogP contribution in [0.2, 0.25) is 0 Å². The molecule has 4 rings (SSSR count). The first-order valence-electron chi connectivity index (χ1n) is 10.6. The molecule has 6 nitrogen and oxygen atoms in total. The van der Waals surface area contributed by atoms with Gasteiger partial charge in [0.05, 0.1) is 18.6 Å². The molecular weight excluding hydrogens is 344 g/mol. The molecule has 2 heterocycles. The van der Waals surface area contributed by atoms with Gasteiger partial charge in [-0.05, 0) is 18.8 Å². The first kappa shape index (κ1) is 19.4. The highest BCUT2D eigenvalue weighted by Gasteiger charge is 2.59. The number of aliphatic hydroxyl groups excluding tert-OH is 2. The van der Waals surface area contributed by atoms with Gasteiger partial charge in [-0.3, -0.25) is 14.6 Å². The van der Waals surface area contributed by atoms with Crippen LogP contribution in [0.25, 0.3) is 0 Å². The monoisotopic (exact) mass is 378 g/mol. The summed E-state index contributed by atoms with van der Waals surface area (Å²) in [7, 11) is 0. The average molecular weight is 379 g/mol. The topological polar surface area (TPSA) is 73.2 Å². The van der Waals surface area contributed by atoms with Gasteiger partial charge < -0.3 is 14.9 Å². The Balaban J connectivity index is 1.48. The lowest BCUT2D eigenvalue weighted by atomic mass is 9.55. The van der Waals surface area contributed by atoms with Crippen LogP contribution in [0, 0.1) is 23.2 Å². The van der Waals surface area contributed by atoms with Crippen molar-refractivity contribution in [2.75, 3.05) is 45.9 Å². The molecule has 6 heteroatoms. The zero-order chi connectivity index (χ0) is 19.2. The predicted octanol–water partition coefficient (Wildman–Crippen LogP) is 0.881. The number of rotatable bonds is 4. The van der Waals surface area contributed by atoms with Crippen LogP contribution in [0.5, 0.6) is 0 Å². The molecule has 3 fully saturated rings. The molecule has 4 aliphatic rings. The molecule has 0 aromatic carbocycles. The molecule has 0 spiro atoms. The molecule has 152 valence electrons. The van der Waals surface area contributed by atoms with Crippen LogP contribution in [0.4, 0.5) is 0 Å². The summed E-state index contributed by atoms with van der Waals surface area (Å²) in [6.07, 6.45) is 4.53. The maximum Gasteiger partial charge on any atom is 0.311 e. The number of piperazine rings is 1. The molecule has 1 saturated carbocycles. The van der Waals surface area contributed by atoms with E-state index >= 15 is 0 Å². The predicted molar refractivity (Wildman–Crippen MR) is 102 cm³/mol. The molecule has 0 bridgehead atoms. The highest BCUT2D eigenvalue weighted by atomic mass is 16.6. The van der Waals surface area contributed by atoms with Gasteiger partial charge in [0.2, 0.25) is 0 Å². The van der Waals surface area contributed by atoms with E-state index in [1.165, 1.54) is 5.57 Å². The summed E-state index contributed by atoms with van der Waals surface area (Å²) < 4.78 is 5.77. The van der Waals surface area contributed by atoms with Gasteiger partial charge in [-0.1, -0.05) is 25.5 Å². The maximum absolute atomic E-state index is 12.7. The molecule has 2 aliphatic heterocycles. The first-order chi connectivity index (χ1) is 12.9. The number of β-amino-alcohol motifs (C(OH)–C–C–N with tert-alkyl or cyclic N) is 1. The summed E-state index contributed by atoms with van der Waals surface area (Å²) in [6.45, 7) is 9.65. The van der Waals surface area contributed by atoms with Crippen molar-refractivity contribution < 1.29 is 19.7 Å². The molecule has 27 heavy (non-hydrogen) atoms. The average Bonchev–Trinajstić information content (AvgIpc) is 2.95. The van der Waals surface area contributed by atoms with Crippen molar-refractivity contribution in [1.82, 2.24) is 9.80 Å². The Morgan fingerprint density at radius 2 is 1.96 bits per heavy atom. The lowest BCUT2D eigenvalue weighted by Crippen LogP contribution is -2.55. The van der Waals surface area contributed by atoms with Gasteiger partial charge >= 0.3 is 5.97 Å². The number of nitrogens with zero attached hydrogens (tertiary/aromatic N) is 2. The van der Waals surface area contributed by atoms with Crippen LogP contribution in [-0.4, -0.2) is 84.1 Å². The third-order valence-corrected chi connectivity index (χ3v) is 7.91. The quantitative estimate of drug-likeness (QED) is 0.559. The number of carbonyl (C=O) groups excluding carboxylic acids is 1. The molecule has 2 aliphatic carbocycles. The molecule has 6 atom stereocenters. The van der Waals surface area contributed by atoms with E-state index in [-0.39, 0.29) is 35.9 Å². The van der Waals surface area contributed by atoms with Gasteiger partial charge in [0.1, 0.15) is 6.10 Å². The second kappa shape index (κ2) is 7.47. The summed E-state index contributed by atoms with van der Waals surface area (Å²) in [4.78, 5) is 17.3. The lowest BCUT2D eigenvalue weighted by molar-refractivity contribution is -0.145. The van der Waals surface area contributed by atoms with Crippen LogP contribution >= 0.6 is 0 Å². The zero-order valence-electron chi connectivity index (χ0n) is 16.6. The molecule has 6 unspecified atom stereocenters. The Labute approximate surface area is 162 Å². The number of ether oxygens (including phenoxy) is 1. The Bertz CT molecular complexity index is 601. The van der Waals surface area contributed by atoms with Crippen LogP contribution in [0.3, 0.4) is 0 Å². The molecule has 2 N–H and O–H groups in total. The SMILES string of the molecule is CC1CCC=C2CC3OC(=O)C(CN4CCN(CCO)CC4)C3C(O)C21C. The Morgan fingerprint density at radius 1 is 1.26 bits per heavy atom. The van der Waals surface area contributed by atoms with Gasteiger partial charge in [0, 0.05) is 57.0 Å². The van der Waals surface area contributed by atoms with E-state index < -0.39 is 6.10 Å². The highest BCUT2D eigenvalue weighted by Crippen LogP contribution is 2.56. The van der Waals surface area contributed by atoms with Crippen molar-refractivity contribution in [2.24, 2.45) is 23.2 Å². The van der Waals surface area contributed by atoms with Crippen LogP contribution in [0.1, 0.15) is 33.1 Å². The fourth-order valence-electron chi connectivity index (χ4n) is 5.89. The minimum atomic E-state index is -0.523. The Kier molecular flexibility index (Phi) is 5.36. The molecular formula is C21H34N2O4. The summed E-state index contributed by atoms with van der Waals surface area (Å²) in [5.74, 6) is -0.0401. The number of carbonyl (C=O) groups is 1. The van der Waals surface area contributed by atoms with E-state index in [0.29, 0.717) is 19.0 Å². The van der Waals surface area contributed by atoms with Gasteiger partial charge in [-0.2, -0.15) is 0 Å². The second-order valence-corrected chi connectivity index (χ2v) is 9.16. The van der Waals surface area contributed by atoms with Gasteiger partial charge in [0.25, 0.3) is 0 Å². The summed E-state index contributed by atoms with van der Waals surface area (Å²) in [5.41, 5.74) is 1.06. The summed E-state index contributed by atoms with van der Waals surface area (Å²) in [5, 5.41) is 20.5. The number of aliphatic hydroxyl groups is 2. The van der Waals surface area contributed by atoms with Crippen LogP contribution in [0.15, 0.2) is 11.6 Å². The summed E-state index contributed by atoms with van der Waals surface area (Å²) in [6, 6.07) is 0. The van der Waals surface area contributed by atoms with Gasteiger partial charge in [-0.25, -0.2) is 0 Å². The minimum Gasteiger partial charge on any atom is -0.461 e. The van der Waals surface area contributed by atoms with Crippen LogP contribution in [-0.2, 0) is 9.53 Å². The third kappa shape index (κ3) is 3.24. The highest BCUT2D eigenvalue weighted by molar-refractivity contribution is 5.76. The Hall–Kier alpha value is -0.950. The van der Waals surface area contributed by atoms with E-state index in [1.807, 2.05) is 0 Å². The van der Waals surface area contributed by atoms with Gasteiger partial charge in [0.15, 0.2) is 0 Å². The maximum atomic E-state index is 12.7. The smallest absolute Gasteiger partial charge is 0.311 e. The van der Waals surface area contributed by atoms with E-state index in [4.69, 9.17) is 9.84 Å². The molecule has 0 radical (unpaired) electrons. The van der Waals surface area contributed by atoms with E-state index in [2.05, 4.69) is 29.7 Å². The van der Waals surface area contributed by atoms with Crippen molar-refractivity contribution >= 4 is 5.97 Å². The standard InChI is InChI=1S/C21H34N2O4/c1-14-4-3-5-15-12-17-18(19(25)21(14,15)2)16(20(26)27-17)13-23-8-6-22(7-9-23)10-11-24/h5,14,16-19,24-25H,3-4,6-13H2,1-2H3. The third-order valence-electron chi connectivity index (χ3n) is 7.91. The molecule has 0 aromatic rings. The molecule has 0 amide bonds. The number of hydrogen-bond acceptors (Lipinski definition) is 6. The fraction of sp³-hybridized carbons (Fsp3) is 0.857. The normalized spacial score (nSPS) is 43.0. The number of fused-ring (bicyclic) bond motifs is 2. The van der Waals surface area contributed by atoms with Crippen molar-refractivity contribution in [3.8, 4) is 0 Å². The van der Waals surface area contributed by atoms with Gasteiger partial charge in [-0.15, -0.1) is 0 Å². The van der Waals surface area contributed by atoms with E-state index in [0.717, 1.165) is 45.4 Å². The largest absolute Gasteiger partial charge is 0.461 e. The number of hydrogen-bond donors (Lipinski definition) is 2. The number of esters is 1. The van der Waals surface area contributed by atoms with Crippen LogP contribution < -0.4 is 0 Å². The first-order valence-corrected chi connectivity index (χ1v) is 10.6. The van der Waals surface area contributed by atoms with Crippen molar-refractivity contribution in [2.45, 2.75) is 45.3 Å². The number of allylic oxidation sites excluding steroid dienone is 1. The second-order valence-electron chi connectivity index (χ2n) is 9.16. The van der Waals surface area contributed by atoms with Crippen molar-refractivity contribution in [1.29, 1.82) is 0 Å². The zero-order valence-corrected chi connectivity index (χ0v) is 16.6. The fourth-order valence-corrected chi connectivity index (χ4v) is 5.89. The lowest BCUT2D eigenvalue weighted by Gasteiger charge is -2.52. The van der Waals surface area contributed by atoms with E-state index in [9.17, 15) is 9.90 Å². The minimum absolute atomic E-state index is 0.101. The molecule has 2 saturated heterocycles. The Morgan fingerprint density at radius 3 is 2.67 bits per heavy atom. The molecule has 0 aromatic heterocycles. The van der Waals surface area contributed by atoms with Crippen molar-refractivity contribution in [3.05, 3.63) is 11.6 Å².